The molecule has 13 heteroatoms. The second-order valence-electron chi connectivity index (χ2n) is 10.1. The van der Waals surface area contributed by atoms with Crippen molar-refractivity contribution in [1.82, 2.24) is 21.3 Å². The van der Waals surface area contributed by atoms with Crippen molar-refractivity contribution >= 4 is 29.7 Å². The Morgan fingerprint density at radius 1 is 0.818 bits per heavy atom. The molecule has 3 amide bonds. The van der Waals surface area contributed by atoms with Crippen molar-refractivity contribution < 1.29 is 33.8 Å². The van der Waals surface area contributed by atoms with Crippen LogP contribution in [0, 0.1) is 5.41 Å². The fraction of sp³-hybridized carbons (Fsp3) is 0.452. The Hall–Kier alpha value is -4.65. The third kappa shape index (κ3) is 14.5. The number of carboxylic acids is 1. The highest BCUT2D eigenvalue weighted by atomic mass is 16.5. The molecule has 0 aliphatic heterocycles. The second kappa shape index (κ2) is 20.3. The molecule has 0 fully saturated rings. The van der Waals surface area contributed by atoms with Gasteiger partial charge in [-0.25, -0.2) is 14.4 Å². The summed E-state index contributed by atoms with van der Waals surface area (Å²) in [5, 5.41) is 27.9. The number of hydrogen-bond donors (Lipinski definition) is 7. The quantitative estimate of drug-likeness (QED) is 0.0363. The number of carbonyl (C=O) groups excluding carboxylic acids is 3. The number of carboxylic acid groups (broad SMARTS) is 1. The number of urea groups is 1. The molecule has 2 aromatic carbocycles. The first-order valence-corrected chi connectivity index (χ1v) is 14.8. The molecule has 0 saturated carbocycles. The number of amides is 3. The van der Waals surface area contributed by atoms with E-state index >= 15 is 0 Å². The molecule has 2 rings (SSSR count). The van der Waals surface area contributed by atoms with E-state index in [1.54, 1.807) is 48.5 Å². The Balaban J connectivity index is 1.54. The molecular weight excluding hydrogens is 568 g/mol. The van der Waals surface area contributed by atoms with Crippen LogP contribution in [0.3, 0.4) is 0 Å². The van der Waals surface area contributed by atoms with Gasteiger partial charge in [0.2, 0.25) is 5.91 Å². The van der Waals surface area contributed by atoms with Gasteiger partial charge >= 0.3 is 18.0 Å². The van der Waals surface area contributed by atoms with Crippen LogP contribution in [-0.2, 0) is 9.59 Å². The molecule has 240 valence electrons. The SMILES string of the molecule is CNCCCCCC(=O)NC(CCCCNC(=O)NCCCOc1ccc(C(=O)Oc2ccc(C(=N)N)cc2)cc1)C(=O)O. The van der Waals surface area contributed by atoms with Crippen LogP contribution in [0.25, 0.3) is 0 Å². The van der Waals surface area contributed by atoms with Gasteiger partial charge in [0.05, 0.1) is 12.2 Å². The van der Waals surface area contributed by atoms with E-state index in [1.807, 2.05) is 7.05 Å². The largest absolute Gasteiger partial charge is 0.494 e. The summed E-state index contributed by atoms with van der Waals surface area (Å²) >= 11 is 0. The lowest BCUT2D eigenvalue weighted by Gasteiger charge is -2.14. The van der Waals surface area contributed by atoms with Crippen LogP contribution < -0.4 is 36.5 Å². The van der Waals surface area contributed by atoms with Gasteiger partial charge < -0.3 is 41.6 Å². The molecule has 0 saturated heterocycles. The number of esters is 1. The van der Waals surface area contributed by atoms with Crippen molar-refractivity contribution in [2.75, 3.05) is 33.3 Å². The molecule has 0 heterocycles. The lowest BCUT2D eigenvalue weighted by molar-refractivity contribution is -0.142. The van der Waals surface area contributed by atoms with Crippen molar-refractivity contribution in [3.63, 3.8) is 0 Å². The van der Waals surface area contributed by atoms with Crippen molar-refractivity contribution in [1.29, 1.82) is 5.41 Å². The molecule has 44 heavy (non-hydrogen) atoms. The molecular formula is C31H44N6O7. The number of hydrogen-bond acceptors (Lipinski definition) is 8. The van der Waals surface area contributed by atoms with Gasteiger partial charge in [-0.3, -0.25) is 10.2 Å². The number of nitrogens with two attached hydrogens (primary N) is 1. The Morgan fingerprint density at radius 3 is 2.07 bits per heavy atom. The van der Waals surface area contributed by atoms with Gasteiger partial charge in [0, 0.05) is 25.1 Å². The number of rotatable bonds is 21. The maximum absolute atomic E-state index is 12.4. The van der Waals surface area contributed by atoms with E-state index in [0.717, 1.165) is 25.8 Å². The van der Waals surface area contributed by atoms with E-state index in [4.69, 9.17) is 20.6 Å². The van der Waals surface area contributed by atoms with Crippen molar-refractivity contribution in [3.8, 4) is 11.5 Å². The van der Waals surface area contributed by atoms with E-state index < -0.39 is 18.0 Å². The van der Waals surface area contributed by atoms with Crippen molar-refractivity contribution in [2.24, 2.45) is 5.73 Å². The average molecular weight is 613 g/mol. The van der Waals surface area contributed by atoms with Gasteiger partial charge in [-0.05, 0) is 101 Å². The molecule has 1 atom stereocenters. The van der Waals surface area contributed by atoms with Crippen LogP contribution in [0.5, 0.6) is 11.5 Å². The fourth-order valence-corrected chi connectivity index (χ4v) is 4.05. The summed E-state index contributed by atoms with van der Waals surface area (Å²) in [6.45, 7) is 2.01. The number of nitrogens with one attached hydrogen (secondary N) is 5. The van der Waals surface area contributed by atoms with E-state index in [0.29, 0.717) is 74.4 Å². The molecule has 0 spiro atoms. The summed E-state index contributed by atoms with van der Waals surface area (Å²) in [5.74, 6) is -1.01. The number of ether oxygens (including phenoxy) is 2. The van der Waals surface area contributed by atoms with Crippen LogP contribution >= 0.6 is 0 Å². The molecule has 8 N–H and O–H groups in total. The second-order valence-corrected chi connectivity index (χ2v) is 10.1. The van der Waals surface area contributed by atoms with E-state index in [1.165, 1.54) is 0 Å². The van der Waals surface area contributed by atoms with E-state index in [9.17, 15) is 24.3 Å². The van der Waals surface area contributed by atoms with Crippen LogP contribution in [0.2, 0.25) is 0 Å². The highest BCUT2D eigenvalue weighted by Gasteiger charge is 2.19. The van der Waals surface area contributed by atoms with Crippen LogP contribution in [-0.4, -0.2) is 74.1 Å². The first kappa shape index (κ1) is 35.5. The summed E-state index contributed by atoms with van der Waals surface area (Å²) in [6.07, 6.45) is 4.88. The molecule has 0 aliphatic rings. The van der Waals surface area contributed by atoms with Gasteiger partial charge in [-0.2, -0.15) is 0 Å². The number of unbranched alkanes of at least 4 members (excludes halogenated alkanes) is 3. The monoisotopic (exact) mass is 612 g/mol. The topological polar surface area (TPSA) is 205 Å². The van der Waals surface area contributed by atoms with Gasteiger partial charge in [-0.15, -0.1) is 0 Å². The van der Waals surface area contributed by atoms with Gasteiger partial charge in [-0.1, -0.05) is 6.42 Å². The molecule has 1 unspecified atom stereocenters. The Bertz CT molecular complexity index is 1200. The van der Waals surface area contributed by atoms with E-state index in [2.05, 4.69) is 21.3 Å². The molecule has 13 nitrogen and oxygen atoms in total. The van der Waals surface area contributed by atoms with Crippen molar-refractivity contribution in [2.45, 2.75) is 57.4 Å². The minimum absolute atomic E-state index is 0.0700. The third-order valence-corrected chi connectivity index (χ3v) is 6.51. The zero-order chi connectivity index (χ0) is 32.2. The lowest BCUT2D eigenvalue weighted by Crippen LogP contribution is -2.41. The molecule has 0 aliphatic carbocycles. The van der Waals surface area contributed by atoms with Gasteiger partial charge in [0.25, 0.3) is 0 Å². The fourth-order valence-electron chi connectivity index (χ4n) is 4.05. The zero-order valence-corrected chi connectivity index (χ0v) is 25.2. The van der Waals surface area contributed by atoms with Gasteiger partial charge in [0.1, 0.15) is 23.4 Å². The molecule has 0 radical (unpaired) electrons. The van der Waals surface area contributed by atoms with Gasteiger partial charge in [0.15, 0.2) is 0 Å². The first-order chi connectivity index (χ1) is 21.2. The maximum atomic E-state index is 12.4. The number of aliphatic carboxylic acids is 1. The highest BCUT2D eigenvalue weighted by Crippen LogP contribution is 2.17. The Labute approximate surface area is 257 Å². The van der Waals surface area contributed by atoms with Crippen LogP contribution in [0.15, 0.2) is 48.5 Å². The number of nitrogen functional groups attached to an aromatic ring is 1. The number of amidine groups is 1. The van der Waals surface area contributed by atoms with Crippen molar-refractivity contribution in [3.05, 3.63) is 59.7 Å². The normalized spacial score (nSPS) is 11.2. The van der Waals surface area contributed by atoms with E-state index in [-0.39, 0.29) is 17.8 Å². The third-order valence-electron chi connectivity index (χ3n) is 6.51. The Kier molecular flexibility index (Phi) is 16.4. The van der Waals surface area contributed by atoms with Crippen LogP contribution in [0.1, 0.15) is 67.3 Å². The standard InChI is InChI=1S/C31H44N6O7/c1-34-18-5-2-3-9-27(38)37-26(29(39)40)8-4-6-19-35-31(42)36-20-7-21-43-24-14-12-23(13-15-24)30(41)44-25-16-10-22(11-17-25)28(32)33/h10-17,26,34H,2-9,18-21H2,1H3,(H3,32,33)(H,37,38)(H,39,40)(H2,35,36,42). The van der Waals surface area contributed by atoms with Crippen LogP contribution in [0.4, 0.5) is 4.79 Å². The summed E-state index contributed by atoms with van der Waals surface area (Å²) in [7, 11) is 1.87. The summed E-state index contributed by atoms with van der Waals surface area (Å²) in [4.78, 5) is 47.8. The summed E-state index contributed by atoms with van der Waals surface area (Å²) in [5.41, 5.74) is 6.30. The minimum Gasteiger partial charge on any atom is -0.494 e. The smallest absolute Gasteiger partial charge is 0.343 e. The summed E-state index contributed by atoms with van der Waals surface area (Å²) < 4.78 is 11.0. The Morgan fingerprint density at radius 2 is 1.43 bits per heavy atom. The zero-order valence-electron chi connectivity index (χ0n) is 25.2. The predicted molar refractivity (Wildman–Crippen MR) is 166 cm³/mol. The average Bonchev–Trinajstić information content (AvgIpc) is 3.00. The predicted octanol–water partition coefficient (Wildman–Crippen LogP) is 2.78. The molecule has 0 aromatic heterocycles. The lowest BCUT2D eigenvalue weighted by atomic mass is 10.1. The number of carbonyl (C=O) groups is 4. The molecule has 2 aromatic rings. The first-order valence-electron chi connectivity index (χ1n) is 14.8. The highest BCUT2D eigenvalue weighted by molar-refractivity contribution is 5.95. The maximum Gasteiger partial charge on any atom is 0.343 e. The minimum atomic E-state index is -1.06. The molecule has 0 bridgehead atoms. The summed E-state index contributed by atoms with van der Waals surface area (Å²) in [6, 6.07) is 11.6. The number of benzene rings is 2.